The van der Waals surface area contributed by atoms with Crippen LogP contribution in [0.4, 0.5) is 5.13 Å². The first-order valence-corrected chi connectivity index (χ1v) is 12.2. The zero-order valence-corrected chi connectivity index (χ0v) is 19.8. The fourth-order valence-corrected chi connectivity index (χ4v) is 5.88. The number of aryl methyl sites for hydroxylation is 1. The Labute approximate surface area is 200 Å². The van der Waals surface area contributed by atoms with Crippen molar-refractivity contribution >= 4 is 69.1 Å². The van der Waals surface area contributed by atoms with Gasteiger partial charge in [-0.05, 0) is 18.6 Å². The maximum Gasteiger partial charge on any atom is 0.352 e. The molecule has 0 bridgehead atoms. The van der Waals surface area contributed by atoms with Crippen LogP contribution in [0.3, 0.4) is 0 Å². The highest BCUT2D eigenvalue weighted by Gasteiger charge is 2.54. The van der Waals surface area contributed by atoms with E-state index in [-0.39, 0.29) is 22.2 Å². The standard InChI is InChI=1S/C19H18N6O5S3/c1-8-11(33-7-21-8)4-3-9-5-31-17-13(16(27)25(17)14(9)18(28)29)23-15(26)12(24-30-2)10-6-32-19(20)22-10/h3-4,6-7,13,17H,5H2,1-2H3,(H2,20,22)(H,23,26)(H,28,29)/b4-3-,24-12-/t13-,17?/m1/s1. The van der Waals surface area contributed by atoms with E-state index in [9.17, 15) is 19.5 Å². The molecule has 0 spiro atoms. The zero-order chi connectivity index (χ0) is 23.7. The van der Waals surface area contributed by atoms with Gasteiger partial charge in [0.05, 0.1) is 11.2 Å². The molecular formula is C19H18N6O5S3. The largest absolute Gasteiger partial charge is 0.477 e. The van der Waals surface area contributed by atoms with Crippen LogP contribution in [0.2, 0.25) is 0 Å². The molecule has 2 aliphatic heterocycles. The van der Waals surface area contributed by atoms with Crippen molar-refractivity contribution in [2.45, 2.75) is 18.3 Å². The third-order valence-electron chi connectivity index (χ3n) is 4.87. The van der Waals surface area contributed by atoms with Gasteiger partial charge in [-0.15, -0.1) is 34.4 Å². The van der Waals surface area contributed by atoms with Crippen LogP contribution in [0.1, 0.15) is 16.3 Å². The van der Waals surface area contributed by atoms with Crippen molar-refractivity contribution in [2.24, 2.45) is 5.16 Å². The van der Waals surface area contributed by atoms with E-state index in [0.29, 0.717) is 11.3 Å². The lowest BCUT2D eigenvalue weighted by Crippen LogP contribution is -2.71. The van der Waals surface area contributed by atoms with Crippen molar-refractivity contribution in [3.05, 3.63) is 44.5 Å². The van der Waals surface area contributed by atoms with Crippen molar-refractivity contribution in [1.82, 2.24) is 20.2 Å². The highest BCUT2D eigenvalue weighted by atomic mass is 32.2. The first-order chi connectivity index (χ1) is 15.8. The van der Waals surface area contributed by atoms with Gasteiger partial charge < -0.3 is 21.0 Å². The molecule has 2 atom stereocenters. The molecule has 4 heterocycles. The van der Waals surface area contributed by atoms with E-state index in [1.807, 2.05) is 6.92 Å². The lowest BCUT2D eigenvalue weighted by molar-refractivity contribution is -0.150. The molecule has 11 nitrogen and oxygen atoms in total. The number of thioether (sulfide) groups is 1. The quantitative estimate of drug-likeness (QED) is 0.286. The number of aromatic nitrogens is 2. The number of carboxylic acid groups (broad SMARTS) is 1. The minimum atomic E-state index is -1.21. The summed E-state index contributed by atoms with van der Waals surface area (Å²) in [5.41, 5.74) is 8.68. The Bertz CT molecular complexity index is 1220. The van der Waals surface area contributed by atoms with E-state index in [1.54, 1.807) is 23.0 Å². The lowest BCUT2D eigenvalue weighted by atomic mass is 10.0. The van der Waals surface area contributed by atoms with Crippen molar-refractivity contribution in [1.29, 1.82) is 0 Å². The van der Waals surface area contributed by atoms with Gasteiger partial charge in [0.1, 0.15) is 29.9 Å². The Morgan fingerprint density at radius 2 is 2.18 bits per heavy atom. The van der Waals surface area contributed by atoms with Gasteiger partial charge in [-0.1, -0.05) is 11.2 Å². The molecule has 2 aromatic rings. The average molecular weight is 507 g/mol. The maximum absolute atomic E-state index is 12.9. The molecule has 1 saturated heterocycles. The number of amides is 2. The van der Waals surface area contributed by atoms with Gasteiger partial charge in [0, 0.05) is 16.0 Å². The number of oxime groups is 1. The number of carbonyl (C=O) groups is 3. The zero-order valence-electron chi connectivity index (χ0n) is 17.3. The number of carboxylic acids is 1. The van der Waals surface area contributed by atoms with E-state index >= 15 is 0 Å². The number of fused-ring (bicyclic) bond motifs is 1. The van der Waals surface area contributed by atoms with Crippen LogP contribution >= 0.6 is 34.4 Å². The smallest absolute Gasteiger partial charge is 0.352 e. The number of carbonyl (C=O) groups excluding carboxylic acids is 2. The fraction of sp³-hybridized carbons (Fsp3) is 0.263. The van der Waals surface area contributed by atoms with E-state index in [0.717, 1.165) is 21.9 Å². The van der Waals surface area contributed by atoms with Crippen LogP contribution in [0.5, 0.6) is 0 Å². The molecule has 1 fully saturated rings. The molecule has 14 heteroatoms. The Morgan fingerprint density at radius 3 is 2.79 bits per heavy atom. The first kappa shape index (κ1) is 22.9. The Kier molecular flexibility index (Phi) is 6.49. The predicted octanol–water partition coefficient (Wildman–Crippen LogP) is 1.29. The summed E-state index contributed by atoms with van der Waals surface area (Å²) in [7, 11) is 1.28. The van der Waals surface area contributed by atoms with Crippen LogP contribution in [-0.2, 0) is 19.2 Å². The maximum atomic E-state index is 12.9. The summed E-state index contributed by atoms with van der Waals surface area (Å²) in [6.45, 7) is 1.86. The Morgan fingerprint density at radius 1 is 1.39 bits per heavy atom. The predicted molar refractivity (Wildman–Crippen MR) is 126 cm³/mol. The fourth-order valence-electron chi connectivity index (χ4n) is 3.32. The van der Waals surface area contributed by atoms with Crippen LogP contribution in [0.15, 0.2) is 33.4 Å². The third-order valence-corrected chi connectivity index (χ3v) is 7.74. The number of allylic oxidation sites excluding steroid dienone is 1. The van der Waals surface area contributed by atoms with Gasteiger partial charge in [0.2, 0.25) is 0 Å². The van der Waals surface area contributed by atoms with Gasteiger partial charge in [-0.3, -0.25) is 14.5 Å². The summed E-state index contributed by atoms with van der Waals surface area (Å²) in [6, 6.07) is -0.913. The number of rotatable bonds is 7. The van der Waals surface area contributed by atoms with Gasteiger partial charge in [0.15, 0.2) is 10.8 Å². The molecule has 2 amide bonds. The van der Waals surface area contributed by atoms with Gasteiger partial charge in [0.25, 0.3) is 11.8 Å². The number of nitrogen functional groups attached to an aromatic ring is 1. The molecule has 0 aliphatic carbocycles. The second-order valence-corrected chi connectivity index (χ2v) is 9.75. The topological polar surface area (TPSA) is 160 Å². The number of nitrogens with two attached hydrogens (primary N) is 1. The molecule has 33 heavy (non-hydrogen) atoms. The second kappa shape index (κ2) is 9.33. The summed E-state index contributed by atoms with van der Waals surface area (Å²) in [5, 5.41) is 17.4. The number of aliphatic carboxylic acids is 1. The molecule has 0 radical (unpaired) electrons. The van der Waals surface area contributed by atoms with Crippen molar-refractivity contribution < 1.29 is 24.3 Å². The molecule has 4 rings (SSSR count). The number of anilines is 1. The van der Waals surface area contributed by atoms with Crippen molar-refractivity contribution in [3.8, 4) is 0 Å². The summed E-state index contributed by atoms with van der Waals surface area (Å²) >= 11 is 3.94. The number of β-lactam (4-membered cyclic amide) rings is 1. The molecule has 2 aliphatic rings. The van der Waals surface area contributed by atoms with Gasteiger partial charge >= 0.3 is 5.97 Å². The number of nitrogens with zero attached hydrogens (tertiary/aromatic N) is 4. The molecule has 0 aromatic carbocycles. The Balaban J connectivity index is 1.54. The monoisotopic (exact) mass is 506 g/mol. The van der Waals surface area contributed by atoms with Crippen LogP contribution in [0.25, 0.3) is 6.08 Å². The average Bonchev–Trinajstić information content (AvgIpc) is 3.40. The van der Waals surface area contributed by atoms with Gasteiger partial charge in [-0.2, -0.15) is 0 Å². The van der Waals surface area contributed by atoms with Crippen LogP contribution in [0, 0.1) is 6.92 Å². The van der Waals surface area contributed by atoms with E-state index < -0.39 is 29.2 Å². The summed E-state index contributed by atoms with van der Waals surface area (Å²) in [5.74, 6) is -2.04. The molecule has 0 saturated carbocycles. The normalized spacial score (nSPS) is 20.6. The van der Waals surface area contributed by atoms with Gasteiger partial charge in [-0.25, -0.2) is 14.8 Å². The van der Waals surface area contributed by atoms with Crippen molar-refractivity contribution in [3.63, 3.8) is 0 Å². The molecule has 4 N–H and O–H groups in total. The highest BCUT2D eigenvalue weighted by molar-refractivity contribution is 8.00. The summed E-state index contributed by atoms with van der Waals surface area (Å²) in [6.07, 6.45) is 3.49. The third kappa shape index (κ3) is 4.36. The number of hydrogen-bond acceptors (Lipinski definition) is 11. The highest BCUT2D eigenvalue weighted by Crippen LogP contribution is 2.41. The first-order valence-electron chi connectivity index (χ1n) is 9.44. The Hall–Kier alpha value is -3.23. The minimum Gasteiger partial charge on any atom is -0.477 e. The second-order valence-electron chi connectivity index (χ2n) is 6.87. The lowest BCUT2D eigenvalue weighted by Gasteiger charge is -2.49. The molecular weight excluding hydrogens is 488 g/mol. The number of thiazole rings is 2. The van der Waals surface area contributed by atoms with E-state index in [4.69, 9.17) is 10.6 Å². The van der Waals surface area contributed by atoms with Crippen LogP contribution < -0.4 is 11.1 Å². The molecule has 1 unspecified atom stereocenters. The molecule has 2 aromatic heterocycles. The van der Waals surface area contributed by atoms with Crippen LogP contribution in [-0.4, -0.2) is 67.7 Å². The number of hydrogen-bond donors (Lipinski definition) is 3. The minimum absolute atomic E-state index is 0.0919. The van der Waals surface area contributed by atoms with E-state index in [2.05, 4.69) is 20.4 Å². The summed E-state index contributed by atoms with van der Waals surface area (Å²) < 4.78 is 0. The van der Waals surface area contributed by atoms with Crippen molar-refractivity contribution in [2.75, 3.05) is 18.6 Å². The number of nitrogens with one attached hydrogen (secondary N) is 1. The summed E-state index contributed by atoms with van der Waals surface area (Å²) in [4.78, 5) is 52.7. The molecule has 172 valence electrons. The SMILES string of the molecule is CO/N=C(\C(=O)N[C@@H]1C(=O)N2C(C(=O)O)=C(/C=C\c3scnc3C)CSC12)c1csc(N)n1. The van der Waals surface area contributed by atoms with E-state index in [1.165, 1.54) is 35.1 Å².